The van der Waals surface area contributed by atoms with E-state index < -0.39 is 0 Å². The zero-order chi connectivity index (χ0) is 19.5. The summed E-state index contributed by atoms with van der Waals surface area (Å²) in [6.07, 6.45) is 0. The molecule has 8 heteroatoms. The molecule has 0 atom stereocenters. The van der Waals surface area contributed by atoms with Crippen molar-refractivity contribution in [3.63, 3.8) is 0 Å². The van der Waals surface area contributed by atoms with Crippen LogP contribution in [0.1, 0.15) is 31.2 Å². The maximum absolute atomic E-state index is 13.1. The van der Waals surface area contributed by atoms with Crippen LogP contribution in [0, 0.1) is 12.3 Å². The zero-order valence-corrected chi connectivity index (χ0v) is 17.2. The highest BCUT2D eigenvalue weighted by Gasteiger charge is 2.22. The number of thiophene rings is 1. The Morgan fingerprint density at radius 2 is 1.92 bits per heavy atom. The van der Waals surface area contributed by atoms with E-state index in [4.69, 9.17) is 10.5 Å². The van der Waals surface area contributed by atoms with Gasteiger partial charge < -0.3 is 15.8 Å². The minimum atomic E-state index is -0.266. The van der Waals surface area contributed by atoms with E-state index in [-0.39, 0.29) is 16.7 Å². The van der Waals surface area contributed by atoms with Gasteiger partial charge in [0, 0.05) is 38.2 Å². The van der Waals surface area contributed by atoms with E-state index in [1.807, 2.05) is 27.7 Å². The van der Waals surface area contributed by atoms with Crippen LogP contribution in [0.3, 0.4) is 0 Å². The van der Waals surface area contributed by atoms with Crippen LogP contribution in [0.5, 0.6) is 0 Å². The molecule has 2 heterocycles. The average molecular weight is 383 g/mol. The first-order valence-electron chi connectivity index (χ1n) is 8.86. The summed E-state index contributed by atoms with van der Waals surface area (Å²) in [7, 11) is 1.61. The highest BCUT2D eigenvalue weighted by Crippen LogP contribution is 2.28. The maximum atomic E-state index is 13.1. The Bertz CT molecular complexity index is 874. The summed E-state index contributed by atoms with van der Waals surface area (Å²) in [6.45, 7) is 11.1. The van der Waals surface area contributed by atoms with Gasteiger partial charge in [0.05, 0.1) is 18.5 Å². The van der Waals surface area contributed by atoms with Crippen LogP contribution in [0.25, 0.3) is 10.2 Å². The minimum absolute atomic E-state index is 0.175. The largest absolute Gasteiger partial charge is 0.383 e. The van der Waals surface area contributed by atoms with Crippen LogP contribution < -0.4 is 22.3 Å². The monoisotopic (exact) mass is 382 g/mol. The molecule has 2 rings (SSSR count). The van der Waals surface area contributed by atoms with Gasteiger partial charge in [0.25, 0.3) is 5.56 Å². The summed E-state index contributed by atoms with van der Waals surface area (Å²) in [6, 6.07) is 0. The van der Waals surface area contributed by atoms with Gasteiger partial charge in [0.2, 0.25) is 0 Å². The maximum Gasteiger partial charge on any atom is 0.332 e. The number of rotatable bonds is 8. The van der Waals surface area contributed by atoms with E-state index in [0.29, 0.717) is 44.7 Å². The molecule has 0 aliphatic heterocycles. The molecule has 0 fully saturated rings. The molecule has 0 radical (unpaired) electrons. The lowest BCUT2D eigenvalue weighted by Crippen LogP contribution is -2.42. The Morgan fingerprint density at radius 3 is 2.50 bits per heavy atom. The number of aryl methyl sites for hydroxylation is 1. The quantitative estimate of drug-likeness (QED) is 0.671. The van der Waals surface area contributed by atoms with E-state index in [9.17, 15) is 9.59 Å². The van der Waals surface area contributed by atoms with Crippen molar-refractivity contribution < 1.29 is 4.74 Å². The number of methoxy groups -OCH3 is 1. The number of nitrogens with zero attached hydrogens (tertiary/aromatic N) is 2. The topological polar surface area (TPSA) is 91.3 Å². The molecule has 0 bridgehead atoms. The van der Waals surface area contributed by atoms with Crippen molar-refractivity contribution in [3.05, 3.63) is 31.3 Å². The summed E-state index contributed by atoms with van der Waals surface area (Å²) in [5.74, 6) is 0. The number of fused-ring (bicyclic) bond motifs is 1. The summed E-state index contributed by atoms with van der Waals surface area (Å²) in [4.78, 5) is 27.9. The molecule has 0 amide bonds. The summed E-state index contributed by atoms with van der Waals surface area (Å²) in [5, 5.41) is 3.91. The van der Waals surface area contributed by atoms with Crippen molar-refractivity contribution in [3.8, 4) is 0 Å². The van der Waals surface area contributed by atoms with Crippen molar-refractivity contribution in [1.29, 1.82) is 0 Å². The number of ether oxygens (including phenoxy) is 1. The van der Waals surface area contributed by atoms with Gasteiger partial charge in [-0.15, -0.1) is 11.3 Å². The summed E-state index contributed by atoms with van der Waals surface area (Å²) < 4.78 is 8.21. The van der Waals surface area contributed by atoms with Crippen molar-refractivity contribution in [2.24, 2.45) is 11.1 Å². The van der Waals surface area contributed by atoms with E-state index in [0.717, 1.165) is 15.3 Å². The molecule has 0 aliphatic rings. The van der Waals surface area contributed by atoms with Crippen molar-refractivity contribution >= 4 is 21.6 Å². The normalized spacial score (nSPS) is 12.2. The van der Waals surface area contributed by atoms with Crippen LogP contribution in [0.4, 0.5) is 0 Å². The van der Waals surface area contributed by atoms with Crippen molar-refractivity contribution in [2.75, 3.05) is 26.8 Å². The van der Waals surface area contributed by atoms with E-state index >= 15 is 0 Å². The van der Waals surface area contributed by atoms with Gasteiger partial charge in [-0.3, -0.25) is 13.9 Å². The predicted molar refractivity (Wildman–Crippen MR) is 107 cm³/mol. The van der Waals surface area contributed by atoms with Gasteiger partial charge in [0.15, 0.2) is 0 Å². The Labute approximate surface area is 157 Å². The van der Waals surface area contributed by atoms with Crippen molar-refractivity contribution in [2.45, 2.75) is 47.3 Å². The molecule has 2 aromatic rings. The van der Waals surface area contributed by atoms with Gasteiger partial charge in [-0.05, 0) is 17.9 Å². The Balaban J connectivity index is 2.69. The lowest BCUT2D eigenvalue weighted by molar-refractivity contribution is 0.186. The van der Waals surface area contributed by atoms with Crippen LogP contribution >= 0.6 is 11.3 Å². The highest BCUT2D eigenvalue weighted by atomic mass is 32.1. The lowest BCUT2D eigenvalue weighted by atomic mass is 9.97. The number of hydrogen-bond donors (Lipinski definition) is 2. The van der Waals surface area contributed by atoms with E-state index in [1.54, 1.807) is 11.7 Å². The predicted octanol–water partition coefficient (Wildman–Crippen LogP) is 1.27. The summed E-state index contributed by atoms with van der Waals surface area (Å²) >= 11 is 1.50. The summed E-state index contributed by atoms with van der Waals surface area (Å²) in [5.41, 5.74) is 5.83. The molecule has 2 aromatic heterocycles. The van der Waals surface area contributed by atoms with Crippen LogP contribution in [0.15, 0.2) is 9.59 Å². The Morgan fingerprint density at radius 1 is 1.23 bits per heavy atom. The second kappa shape index (κ2) is 8.47. The average Bonchev–Trinajstić information content (AvgIpc) is 2.88. The van der Waals surface area contributed by atoms with Gasteiger partial charge in [-0.25, -0.2) is 4.79 Å². The SMILES string of the molecule is COCCn1c(=O)n(CC(C)(C)C)c(=O)c2c(C)c(CNCCN)sc21. The lowest BCUT2D eigenvalue weighted by Gasteiger charge is -2.20. The first kappa shape index (κ1) is 20.8. The van der Waals surface area contributed by atoms with Gasteiger partial charge >= 0.3 is 5.69 Å². The molecule has 146 valence electrons. The molecule has 0 saturated carbocycles. The fourth-order valence-electron chi connectivity index (χ4n) is 2.91. The van der Waals surface area contributed by atoms with Crippen LogP contribution in [-0.2, 0) is 24.4 Å². The molecular weight excluding hydrogens is 352 g/mol. The smallest absolute Gasteiger partial charge is 0.332 e. The molecule has 0 aromatic carbocycles. The minimum Gasteiger partial charge on any atom is -0.383 e. The third-order valence-electron chi connectivity index (χ3n) is 4.15. The fraction of sp³-hybridized carbons (Fsp3) is 0.667. The standard InChI is InChI=1S/C18H30N4O3S/c1-12-13(10-20-7-6-19)26-16-14(12)15(23)22(11-18(2,3)4)17(24)21(16)8-9-25-5/h20H,6-11,19H2,1-5H3. The van der Waals surface area contributed by atoms with Crippen LogP contribution in [-0.4, -0.2) is 35.9 Å². The van der Waals surface area contributed by atoms with Gasteiger partial charge in [-0.2, -0.15) is 0 Å². The third-order valence-corrected chi connectivity index (χ3v) is 5.47. The number of aromatic nitrogens is 2. The molecule has 0 spiro atoms. The first-order valence-corrected chi connectivity index (χ1v) is 9.68. The van der Waals surface area contributed by atoms with E-state index in [1.165, 1.54) is 15.9 Å². The molecule has 0 aliphatic carbocycles. The molecule has 3 N–H and O–H groups in total. The second-order valence-corrected chi connectivity index (χ2v) is 8.76. The molecule has 0 saturated heterocycles. The third kappa shape index (κ3) is 4.43. The molecule has 0 unspecified atom stereocenters. The zero-order valence-electron chi connectivity index (χ0n) is 16.3. The number of hydrogen-bond acceptors (Lipinski definition) is 6. The second-order valence-electron chi connectivity index (χ2n) is 7.67. The van der Waals surface area contributed by atoms with E-state index in [2.05, 4.69) is 5.32 Å². The van der Waals surface area contributed by atoms with Gasteiger partial charge in [-0.1, -0.05) is 20.8 Å². The fourth-order valence-corrected chi connectivity index (χ4v) is 4.19. The Hall–Kier alpha value is -1.48. The molecular formula is C18H30N4O3S. The van der Waals surface area contributed by atoms with Gasteiger partial charge in [0.1, 0.15) is 4.83 Å². The highest BCUT2D eigenvalue weighted by molar-refractivity contribution is 7.18. The molecule has 7 nitrogen and oxygen atoms in total. The molecule has 26 heavy (non-hydrogen) atoms. The first-order chi connectivity index (χ1) is 12.2. The Kier molecular flexibility index (Phi) is 6.79. The van der Waals surface area contributed by atoms with Crippen LogP contribution in [0.2, 0.25) is 0 Å². The number of nitrogens with two attached hydrogens (primary N) is 1. The number of nitrogens with one attached hydrogen (secondary N) is 1. The van der Waals surface area contributed by atoms with Crippen molar-refractivity contribution in [1.82, 2.24) is 14.5 Å².